The molecule has 3 heteroatoms. The summed E-state index contributed by atoms with van der Waals surface area (Å²) < 4.78 is 2.05. The van der Waals surface area contributed by atoms with Crippen molar-refractivity contribution in [1.82, 2.24) is 9.55 Å². The molecule has 0 unspecified atom stereocenters. The second-order valence-corrected chi connectivity index (χ2v) is 3.31. The highest BCUT2D eigenvalue weighted by atomic mass is 35.5. The van der Waals surface area contributed by atoms with Crippen molar-refractivity contribution in [3.63, 3.8) is 0 Å². The molecule has 0 aliphatic carbocycles. The summed E-state index contributed by atoms with van der Waals surface area (Å²) >= 11 is 5.78. The molecule has 0 fully saturated rings. The summed E-state index contributed by atoms with van der Waals surface area (Å²) in [7, 11) is 2.00. The molecule has 2 rings (SSSR count). The van der Waals surface area contributed by atoms with E-state index in [4.69, 9.17) is 11.6 Å². The zero-order valence-corrected chi connectivity index (χ0v) is 7.76. The van der Waals surface area contributed by atoms with Crippen LogP contribution >= 0.6 is 11.6 Å². The van der Waals surface area contributed by atoms with Gasteiger partial charge in [0.2, 0.25) is 0 Å². The molecule has 2 heterocycles. The van der Waals surface area contributed by atoms with Crippen LogP contribution in [0.3, 0.4) is 0 Å². The van der Waals surface area contributed by atoms with Crippen LogP contribution in [-0.2, 0) is 7.05 Å². The van der Waals surface area contributed by atoms with Crippen LogP contribution in [-0.4, -0.2) is 9.55 Å². The molecule has 2 nitrogen and oxygen atoms in total. The van der Waals surface area contributed by atoms with E-state index in [2.05, 4.69) is 4.98 Å². The van der Waals surface area contributed by atoms with Crippen LogP contribution in [0.1, 0.15) is 5.56 Å². The highest BCUT2D eigenvalue weighted by molar-refractivity contribution is 6.29. The van der Waals surface area contributed by atoms with Gasteiger partial charge in [0.25, 0.3) is 0 Å². The van der Waals surface area contributed by atoms with Crippen molar-refractivity contribution < 1.29 is 0 Å². The third-order valence-electron chi connectivity index (χ3n) is 1.98. The lowest BCUT2D eigenvalue weighted by molar-refractivity contribution is 0.963. The minimum atomic E-state index is 0.553. The molecule has 0 bridgehead atoms. The lowest BCUT2D eigenvalue weighted by atomic mass is 10.3. The van der Waals surface area contributed by atoms with Gasteiger partial charge >= 0.3 is 0 Å². The van der Waals surface area contributed by atoms with Gasteiger partial charge in [0.05, 0.1) is 11.0 Å². The van der Waals surface area contributed by atoms with Gasteiger partial charge in [0.15, 0.2) is 0 Å². The summed E-state index contributed by atoms with van der Waals surface area (Å²) in [6.07, 6.45) is 2.05. The van der Waals surface area contributed by atoms with Crippen LogP contribution < -0.4 is 0 Å². The number of aryl methyl sites for hydroxylation is 2. The highest BCUT2D eigenvalue weighted by Gasteiger charge is 2.03. The first-order valence-corrected chi connectivity index (χ1v) is 4.14. The van der Waals surface area contributed by atoms with Crippen molar-refractivity contribution in [2.75, 3.05) is 0 Å². The molecule has 0 aliphatic heterocycles. The van der Waals surface area contributed by atoms with Gasteiger partial charge in [-0.1, -0.05) is 11.6 Å². The molecular weight excluding hydrogens is 172 g/mol. The molecule has 62 valence electrons. The Morgan fingerprint density at radius 2 is 2.17 bits per heavy atom. The zero-order valence-electron chi connectivity index (χ0n) is 7.00. The van der Waals surface area contributed by atoms with Gasteiger partial charge in [-0.25, -0.2) is 4.98 Å². The van der Waals surface area contributed by atoms with E-state index >= 15 is 0 Å². The number of pyridine rings is 1. The number of aromatic nitrogens is 2. The third-order valence-corrected chi connectivity index (χ3v) is 2.19. The fraction of sp³-hybridized carbons (Fsp3) is 0.222. The summed E-state index contributed by atoms with van der Waals surface area (Å²) in [5.74, 6) is 0. The maximum Gasteiger partial charge on any atom is 0.129 e. The van der Waals surface area contributed by atoms with Crippen LogP contribution in [0.2, 0.25) is 5.15 Å². The van der Waals surface area contributed by atoms with Gasteiger partial charge in [-0.15, -0.1) is 0 Å². The Balaban J connectivity index is 2.90. The van der Waals surface area contributed by atoms with Crippen molar-refractivity contribution in [3.8, 4) is 0 Å². The van der Waals surface area contributed by atoms with Crippen LogP contribution in [0.4, 0.5) is 0 Å². The Kier molecular flexibility index (Phi) is 1.58. The Morgan fingerprint density at radius 3 is 2.92 bits per heavy atom. The SMILES string of the molecule is Cc1cn(C)c2ccc(Cl)nc12. The second kappa shape index (κ2) is 2.49. The normalized spacial score (nSPS) is 10.9. The van der Waals surface area contributed by atoms with Crippen molar-refractivity contribution in [2.24, 2.45) is 7.05 Å². The van der Waals surface area contributed by atoms with E-state index in [0.29, 0.717) is 5.15 Å². The van der Waals surface area contributed by atoms with Crippen LogP contribution in [0, 0.1) is 6.92 Å². The van der Waals surface area contributed by atoms with Crippen LogP contribution in [0.25, 0.3) is 11.0 Å². The third kappa shape index (κ3) is 0.994. The van der Waals surface area contributed by atoms with Crippen LogP contribution in [0.5, 0.6) is 0 Å². The predicted molar refractivity (Wildman–Crippen MR) is 50.5 cm³/mol. The summed E-state index contributed by atoms with van der Waals surface area (Å²) in [6.45, 7) is 2.03. The molecule has 0 aromatic carbocycles. The maximum absolute atomic E-state index is 5.78. The second-order valence-electron chi connectivity index (χ2n) is 2.92. The Hall–Kier alpha value is -1.02. The fourth-order valence-corrected chi connectivity index (χ4v) is 1.57. The molecule has 0 saturated carbocycles. The van der Waals surface area contributed by atoms with Gasteiger partial charge in [0, 0.05) is 13.2 Å². The Bertz CT molecular complexity index is 431. The number of hydrogen-bond donors (Lipinski definition) is 0. The lowest BCUT2D eigenvalue weighted by Crippen LogP contribution is -1.83. The summed E-state index contributed by atoms with van der Waals surface area (Å²) in [6, 6.07) is 3.79. The monoisotopic (exact) mass is 180 g/mol. The first-order valence-electron chi connectivity index (χ1n) is 3.76. The van der Waals surface area contributed by atoms with E-state index in [0.717, 1.165) is 16.6 Å². The first kappa shape index (κ1) is 7.62. The summed E-state index contributed by atoms with van der Waals surface area (Å²) in [5.41, 5.74) is 3.27. The smallest absolute Gasteiger partial charge is 0.129 e. The van der Waals surface area contributed by atoms with E-state index in [-0.39, 0.29) is 0 Å². The molecule has 0 N–H and O–H groups in total. The van der Waals surface area contributed by atoms with Gasteiger partial charge in [-0.3, -0.25) is 0 Å². The number of hydrogen-bond acceptors (Lipinski definition) is 1. The molecular formula is C9H9ClN2. The molecule has 0 spiro atoms. The number of fused-ring (bicyclic) bond motifs is 1. The molecule has 2 aromatic rings. The average Bonchev–Trinajstić information content (AvgIpc) is 2.28. The van der Waals surface area contributed by atoms with Crippen molar-refractivity contribution in [2.45, 2.75) is 6.92 Å². The minimum absolute atomic E-state index is 0.553. The lowest BCUT2D eigenvalue weighted by Gasteiger charge is -1.94. The van der Waals surface area contributed by atoms with Crippen molar-refractivity contribution >= 4 is 22.6 Å². The number of rotatable bonds is 0. The molecule has 0 saturated heterocycles. The van der Waals surface area contributed by atoms with Gasteiger partial charge < -0.3 is 4.57 Å². The summed E-state index contributed by atoms with van der Waals surface area (Å²) in [4.78, 5) is 4.24. The van der Waals surface area contributed by atoms with Crippen molar-refractivity contribution in [3.05, 3.63) is 29.0 Å². The Morgan fingerprint density at radius 1 is 1.42 bits per heavy atom. The van der Waals surface area contributed by atoms with Gasteiger partial charge in [-0.2, -0.15) is 0 Å². The first-order chi connectivity index (χ1) is 5.68. The molecule has 0 atom stereocenters. The van der Waals surface area contributed by atoms with Crippen molar-refractivity contribution in [1.29, 1.82) is 0 Å². The Labute approximate surface area is 75.8 Å². The predicted octanol–water partition coefficient (Wildman–Crippen LogP) is 2.54. The topological polar surface area (TPSA) is 17.8 Å². The van der Waals surface area contributed by atoms with E-state index < -0.39 is 0 Å². The standard InChI is InChI=1S/C9H9ClN2/c1-6-5-12(2)7-3-4-8(10)11-9(6)7/h3-5H,1-2H3. The largest absolute Gasteiger partial charge is 0.349 e. The summed E-state index contributed by atoms with van der Waals surface area (Å²) in [5, 5.41) is 0.553. The average molecular weight is 181 g/mol. The number of halogens is 1. The fourth-order valence-electron chi connectivity index (χ4n) is 1.42. The molecule has 0 amide bonds. The van der Waals surface area contributed by atoms with E-state index in [1.54, 1.807) is 0 Å². The molecule has 0 aliphatic rings. The highest BCUT2D eigenvalue weighted by Crippen LogP contribution is 2.19. The van der Waals surface area contributed by atoms with E-state index in [1.165, 1.54) is 0 Å². The molecule has 2 aromatic heterocycles. The van der Waals surface area contributed by atoms with E-state index in [1.807, 2.05) is 36.9 Å². The minimum Gasteiger partial charge on any atom is -0.349 e. The van der Waals surface area contributed by atoms with Crippen LogP contribution in [0.15, 0.2) is 18.3 Å². The van der Waals surface area contributed by atoms with Gasteiger partial charge in [0.1, 0.15) is 5.15 Å². The maximum atomic E-state index is 5.78. The quantitative estimate of drug-likeness (QED) is 0.570. The van der Waals surface area contributed by atoms with E-state index in [9.17, 15) is 0 Å². The van der Waals surface area contributed by atoms with Gasteiger partial charge in [-0.05, 0) is 24.6 Å². The molecule has 12 heavy (non-hydrogen) atoms. The zero-order chi connectivity index (χ0) is 8.72. The molecule has 0 radical (unpaired) electrons. The number of nitrogens with zero attached hydrogens (tertiary/aromatic N) is 2.